The van der Waals surface area contributed by atoms with Gasteiger partial charge in [-0.15, -0.1) is 11.3 Å². The zero-order chi connectivity index (χ0) is 32.5. The number of aromatic nitrogens is 3. The van der Waals surface area contributed by atoms with Crippen LogP contribution in [0.4, 0.5) is 0 Å². The van der Waals surface area contributed by atoms with Crippen molar-refractivity contribution in [3.63, 3.8) is 0 Å². The van der Waals surface area contributed by atoms with Gasteiger partial charge in [0.05, 0.1) is 16.9 Å². The Kier molecular flexibility index (Phi) is 6.10. The summed E-state index contributed by atoms with van der Waals surface area (Å²) in [5, 5.41) is 15.4. The third kappa shape index (κ3) is 4.40. The fourth-order valence-electron chi connectivity index (χ4n) is 6.82. The van der Waals surface area contributed by atoms with Gasteiger partial charge >= 0.3 is 6.01 Å². The van der Waals surface area contributed by atoms with Gasteiger partial charge in [0.15, 0.2) is 11.5 Å². The molecule has 10 aromatic rings. The largest absolute Gasteiger partial charge is 0.504 e. The molecule has 0 aliphatic rings. The summed E-state index contributed by atoms with van der Waals surface area (Å²) in [6.45, 7) is 0. The molecule has 0 atom stereocenters. The lowest BCUT2D eigenvalue weighted by molar-refractivity contribution is 0.390. The molecular weight excluding hydrogens is 627 g/mol. The molecule has 49 heavy (non-hydrogen) atoms. The lowest BCUT2D eigenvalue weighted by Gasteiger charge is -2.11. The first-order valence-corrected chi connectivity index (χ1v) is 16.8. The minimum atomic E-state index is 0.0586. The van der Waals surface area contributed by atoms with Crippen molar-refractivity contribution in [2.75, 3.05) is 0 Å². The summed E-state index contributed by atoms with van der Waals surface area (Å²) in [5.74, 6) is 0.400. The monoisotopic (exact) mass is 651 g/mol. The number of benzene rings is 6. The van der Waals surface area contributed by atoms with Gasteiger partial charge in [-0.3, -0.25) is 9.55 Å². The molecule has 0 saturated heterocycles. The summed E-state index contributed by atoms with van der Waals surface area (Å²) in [6, 6.07) is 46.8. The number of hydrogen-bond acceptors (Lipinski definition) is 6. The van der Waals surface area contributed by atoms with Crippen LogP contribution >= 0.6 is 11.3 Å². The van der Waals surface area contributed by atoms with Gasteiger partial charge < -0.3 is 14.3 Å². The number of rotatable bonds is 5. The summed E-state index contributed by atoms with van der Waals surface area (Å²) in [6.07, 6.45) is 1.80. The Balaban J connectivity index is 1.21. The lowest BCUT2D eigenvalue weighted by Crippen LogP contribution is -1.98. The van der Waals surface area contributed by atoms with E-state index >= 15 is 0 Å². The van der Waals surface area contributed by atoms with Gasteiger partial charge in [-0.05, 0) is 66.2 Å². The molecule has 4 aromatic heterocycles. The van der Waals surface area contributed by atoms with E-state index in [1.54, 1.807) is 23.6 Å². The highest BCUT2D eigenvalue weighted by Gasteiger charge is 2.22. The fraction of sp³-hybridized carbons (Fsp3) is 0. The Morgan fingerprint density at radius 2 is 1.47 bits per heavy atom. The standard InChI is InChI=1S/C42H25N3O3S/c46-35-24-39-30(29-14-5-7-19-38(29)49-39)23-37(35)48-42-44-40-27(15-10-17-34(40)45(42)26-11-2-1-3-12-26)25-21-31-28-13-4-6-18-36(28)47-41(31)32(22-25)33-16-8-9-20-43-33/h1-24,46H. The van der Waals surface area contributed by atoms with E-state index in [0.717, 1.165) is 81.2 Å². The average Bonchev–Trinajstić information content (AvgIpc) is 3.83. The molecule has 0 unspecified atom stereocenters. The van der Waals surface area contributed by atoms with Gasteiger partial charge in [-0.2, -0.15) is 4.98 Å². The zero-order valence-electron chi connectivity index (χ0n) is 25.9. The smallest absolute Gasteiger partial charge is 0.307 e. The van der Waals surface area contributed by atoms with Crippen molar-refractivity contribution in [2.45, 2.75) is 0 Å². The molecule has 0 radical (unpaired) electrons. The maximum Gasteiger partial charge on any atom is 0.307 e. The molecule has 0 aliphatic heterocycles. The van der Waals surface area contributed by atoms with Crippen LogP contribution in [0, 0.1) is 0 Å². The van der Waals surface area contributed by atoms with E-state index < -0.39 is 0 Å². The maximum atomic E-state index is 11.2. The van der Waals surface area contributed by atoms with E-state index in [1.165, 1.54) is 0 Å². The number of phenols is 1. The number of fused-ring (bicyclic) bond motifs is 7. The first-order valence-electron chi connectivity index (χ1n) is 16.0. The van der Waals surface area contributed by atoms with Crippen molar-refractivity contribution in [2.24, 2.45) is 0 Å². The Morgan fingerprint density at radius 3 is 2.35 bits per heavy atom. The number of para-hydroxylation sites is 3. The van der Waals surface area contributed by atoms with Crippen LogP contribution in [0.5, 0.6) is 17.5 Å². The van der Waals surface area contributed by atoms with Crippen molar-refractivity contribution in [1.82, 2.24) is 14.5 Å². The predicted molar refractivity (Wildman–Crippen MR) is 198 cm³/mol. The second-order valence-corrected chi connectivity index (χ2v) is 13.1. The number of imidazole rings is 1. The first kappa shape index (κ1) is 27.7. The molecule has 0 bridgehead atoms. The van der Waals surface area contributed by atoms with E-state index in [9.17, 15) is 5.11 Å². The third-order valence-electron chi connectivity index (χ3n) is 9.06. The van der Waals surface area contributed by atoms with Gasteiger partial charge in [0.1, 0.15) is 16.7 Å². The summed E-state index contributed by atoms with van der Waals surface area (Å²) < 4.78 is 17.2. The van der Waals surface area contributed by atoms with Crippen LogP contribution in [0.15, 0.2) is 150 Å². The molecule has 0 fully saturated rings. The van der Waals surface area contributed by atoms with Crippen molar-refractivity contribution in [3.05, 3.63) is 146 Å². The molecular formula is C42H25N3O3S. The molecule has 10 rings (SSSR count). The number of thiophene rings is 1. The number of pyridine rings is 1. The molecule has 7 heteroatoms. The summed E-state index contributed by atoms with van der Waals surface area (Å²) in [5.41, 5.74) is 7.79. The summed E-state index contributed by atoms with van der Waals surface area (Å²) >= 11 is 1.65. The van der Waals surface area contributed by atoms with Crippen molar-refractivity contribution >= 4 is 64.5 Å². The minimum absolute atomic E-state index is 0.0586. The van der Waals surface area contributed by atoms with Crippen LogP contribution in [0.1, 0.15) is 0 Å². The average molecular weight is 652 g/mol. The second kappa shape index (κ2) is 10.8. The van der Waals surface area contributed by atoms with E-state index in [-0.39, 0.29) is 5.75 Å². The number of ether oxygens (including phenoxy) is 1. The highest BCUT2D eigenvalue weighted by molar-refractivity contribution is 7.25. The minimum Gasteiger partial charge on any atom is -0.504 e. The van der Waals surface area contributed by atoms with E-state index in [4.69, 9.17) is 19.1 Å². The van der Waals surface area contributed by atoms with Crippen LogP contribution in [0.3, 0.4) is 0 Å². The summed E-state index contributed by atoms with van der Waals surface area (Å²) in [4.78, 5) is 9.85. The highest BCUT2D eigenvalue weighted by atomic mass is 32.1. The second-order valence-electron chi connectivity index (χ2n) is 12.0. The molecule has 1 N–H and O–H groups in total. The van der Waals surface area contributed by atoms with Crippen LogP contribution in [-0.4, -0.2) is 19.6 Å². The number of aromatic hydroxyl groups is 1. The molecule has 0 amide bonds. The normalized spacial score (nSPS) is 11.8. The maximum absolute atomic E-state index is 11.2. The molecule has 232 valence electrons. The van der Waals surface area contributed by atoms with Gasteiger partial charge in [0, 0.05) is 54.3 Å². The highest BCUT2D eigenvalue weighted by Crippen LogP contribution is 2.44. The van der Waals surface area contributed by atoms with Gasteiger partial charge in [-0.25, -0.2) is 0 Å². The third-order valence-corrected chi connectivity index (χ3v) is 10.2. The predicted octanol–water partition coefficient (Wildman–Crippen LogP) is 11.5. The topological polar surface area (TPSA) is 73.3 Å². The van der Waals surface area contributed by atoms with Crippen LogP contribution in [-0.2, 0) is 0 Å². The molecule has 6 aromatic carbocycles. The molecule has 0 spiro atoms. The van der Waals surface area contributed by atoms with Crippen molar-refractivity contribution in [1.29, 1.82) is 0 Å². The Hall–Kier alpha value is -6.44. The van der Waals surface area contributed by atoms with Gasteiger partial charge in [0.2, 0.25) is 0 Å². The number of hydrogen-bond donors (Lipinski definition) is 1. The van der Waals surface area contributed by atoms with Gasteiger partial charge in [0.25, 0.3) is 0 Å². The molecule has 6 nitrogen and oxygen atoms in total. The van der Waals surface area contributed by atoms with Crippen molar-refractivity contribution < 1.29 is 14.3 Å². The van der Waals surface area contributed by atoms with Crippen LogP contribution in [0.2, 0.25) is 0 Å². The Morgan fingerprint density at radius 1 is 0.653 bits per heavy atom. The molecule has 4 heterocycles. The number of phenolic OH excluding ortho intramolecular Hbond substituents is 1. The lowest BCUT2D eigenvalue weighted by atomic mass is 9.97. The van der Waals surface area contributed by atoms with E-state index in [2.05, 4.69) is 36.4 Å². The SMILES string of the molecule is Oc1cc2sc3ccccc3c2cc1Oc1nc2c(-c3cc(-c4ccccn4)c4oc5ccccc5c4c3)cccc2n1-c1ccccc1. The fourth-order valence-corrected chi connectivity index (χ4v) is 7.94. The Bertz CT molecular complexity index is 2870. The van der Waals surface area contributed by atoms with Crippen LogP contribution < -0.4 is 4.74 Å². The summed E-state index contributed by atoms with van der Waals surface area (Å²) in [7, 11) is 0. The van der Waals surface area contributed by atoms with Crippen LogP contribution in [0.25, 0.3) is 81.2 Å². The van der Waals surface area contributed by atoms with E-state index in [1.807, 2.05) is 102 Å². The zero-order valence-corrected chi connectivity index (χ0v) is 26.7. The Labute approximate surface area is 283 Å². The first-order chi connectivity index (χ1) is 24.2. The van der Waals surface area contributed by atoms with Crippen molar-refractivity contribution in [3.8, 4) is 45.6 Å². The molecule has 0 saturated carbocycles. The molecule has 0 aliphatic carbocycles. The number of nitrogens with zero attached hydrogens (tertiary/aromatic N) is 3. The van der Waals surface area contributed by atoms with Gasteiger partial charge in [-0.1, -0.05) is 72.8 Å². The quantitative estimate of drug-likeness (QED) is 0.200. The van der Waals surface area contributed by atoms with E-state index in [0.29, 0.717) is 11.8 Å². The number of furan rings is 1.